The van der Waals surface area contributed by atoms with Crippen LogP contribution in [0.1, 0.15) is 21.5 Å². The highest BCUT2D eigenvalue weighted by atomic mass is 35.5. The average Bonchev–Trinajstić information content (AvgIpc) is 2.89. The fourth-order valence-corrected chi connectivity index (χ4v) is 3.14. The van der Waals surface area contributed by atoms with Gasteiger partial charge in [-0.2, -0.15) is 0 Å². The summed E-state index contributed by atoms with van der Waals surface area (Å²) in [6, 6.07) is 26.6. The Balaban J connectivity index is 0.000000270. The van der Waals surface area contributed by atoms with E-state index in [-0.39, 0.29) is 17.8 Å². The van der Waals surface area contributed by atoms with E-state index in [1.807, 2.05) is 72.8 Å². The van der Waals surface area contributed by atoms with Crippen LogP contribution in [0.4, 0.5) is 0 Å². The minimum Gasteiger partial charge on any atom is -0.477 e. The number of hydrogen-bond donors (Lipinski definition) is 0. The van der Waals surface area contributed by atoms with Crippen molar-refractivity contribution < 1.29 is 19.0 Å². The van der Waals surface area contributed by atoms with Crippen LogP contribution in [-0.2, 0) is 9.47 Å². The topological polar surface area (TPSA) is 44.8 Å². The number of hydrogen-bond acceptors (Lipinski definition) is 4. The highest BCUT2D eigenvalue weighted by molar-refractivity contribution is 6.20. The molecule has 3 aromatic carbocycles. The average molecular weight is 520 g/mol. The van der Waals surface area contributed by atoms with Crippen LogP contribution in [0.2, 0.25) is 0 Å². The van der Waals surface area contributed by atoms with E-state index in [1.54, 1.807) is 24.3 Å². The molecule has 34 heavy (non-hydrogen) atoms. The van der Waals surface area contributed by atoms with Gasteiger partial charge in [-0.25, -0.2) is 4.79 Å². The van der Waals surface area contributed by atoms with Gasteiger partial charge in [0.15, 0.2) is 6.07 Å². The number of carbonyl (C=O) groups is 1. The van der Waals surface area contributed by atoms with Crippen molar-refractivity contribution in [1.29, 1.82) is 0 Å². The molecule has 178 valence electrons. The van der Waals surface area contributed by atoms with Gasteiger partial charge in [-0.3, -0.25) is 0 Å². The number of allylic oxidation sites excluding steroid dienone is 2. The molecule has 0 aliphatic carbocycles. The van der Waals surface area contributed by atoms with E-state index < -0.39 is 5.97 Å². The smallest absolute Gasteiger partial charge is 0.341 e. The van der Waals surface area contributed by atoms with E-state index in [9.17, 15) is 4.79 Å². The molecule has 0 saturated carbocycles. The molecule has 0 saturated heterocycles. The van der Waals surface area contributed by atoms with Crippen LogP contribution in [0.3, 0.4) is 0 Å². The molecule has 3 rings (SSSR count). The molecule has 0 aliphatic rings. The SMILES string of the molecule is COC(=O)c1ccccc1OCCl.ClCC(=Cc1ccccc1)OC(=Cc1ccccc1)CCl. The third kappa shape index (κ3) is 9.52. The lowest BCUT2D eigenvalue weighted by molar-refractivity contribution is 0.0597. The van der Waals surface area contributed by atoms with Gasteiger partial charge in [-0.05, 0) is 35.4 Å². The van der Waals surface area contributed by atoms with Gasteiger partial charge in [-0.15, -0.1) is 23.2 Å². The van der Waals surface area contributed by atoms with Crippen LogP contribution >= 0.6 is 34.8 Å². The molecule has 7 heteroatoms. The van der Waals surface area contributed by atoms with E-state index in [0.717, 1.165) is 11.1 Å². The molecule has 0 bridgehead atoms. The molecule has 0 fully saturated rings. The normalized spacial score (nSPS) is 11.2. The van der Waals surface area contributed by atoms with Crippen LogP contribution in [-0.4, -0.2) is 30.9 Å². The molecule has 0 amide bonds. The Labute approximate surface area is 215 Å². The Bertz CT molecular complexity index is 1010. The Morgan fingerprint density at radius 2 is 1.21 bits per heavy atom. The third-order valence-electron chi connectivity index (χ3n) is 4.28. The first-order valence-corrected chi connectivity index (χ1v) is 11.9. The number of para-hydroxylation sites is 1. The first-order chi connectivity index (χ1) is 16.6. The largest absolute Gasteiger partial charge is 0.477 e. The Morgan fingerprint density at radius 1 is 0.735 bits per heavy atom. The minimum atomic E-state index is -0.430. The lowest BCUT2D eigenvalue weighted by Gasteiger charge is -2.10. The summed E-state index contributed by atoms with van der Waals surface area (Å²) >= 11 is 17.3. The maximum Gasteiger partial charge on any atom is 0.341 e. The van der Waals surface area contributed by atoms with E-state index >= 15 is 0 Å². The van der Waals surface area contributed by atoms with Gasteiger partial charge >= 0.3 is 5.97 Å². The Hall–Kier alpha value is -2.92. The van der Waals surface area contributed by atoms with Gasteiger partial charge in [0, 0.05) is 0 Å². The lowest BCUT2D eigenvalue weighted by atomic mass is 10.2. The van der Waals surface area contributed by atoms with Crippen molar-refractivity contribution in [1.82, 2.24) is 0 Å². The summed E-state index contributed by atoms with van der Waals surface area (Å²) in [4.78, 5) is 11.2. The van der Waals surface area contributed by atoms with Gasteiger partial charge < -0.3 is 14.2 Å². The van der Waals surface area contributed by atoms with Crippen molar-refractivity contribution >= 4 is 52.9 Å². The van der Waals surface area contributed by atoms with Gasteiger partial charge in [0.25, 0.3) is 0 Å². The lowest BCUT2D eigenvalue weighted by Crippen LogP contribution is -2.04. The summed E-state index contributed by atoms with van der Waals surface area (Å²) in [5.74, 6) is 1.93. The predicted octanol–water partition coefficient (Wildman–Crippen LogP) is 7.61. The molecule has 0 unspecified atom stereocenters. The fourth-order valence-electron chi connectivity index (χ4n) is 2.76. The molecule has 4 nitrogen and oxygen atoms in total. The molecule has 3 aromatic rings. The van der Waals surface area contributed by atoms with Crippen LogP contribution in [0.5, 0.6) is 5.75 Å². The molecule has 0 aromatic heterocycles. The van der Waals surface area contributed by atoms with Gasteiger partial charge in [0.1, 0.15) is 22.8 Å². The number of benzene rings is 3. The zero-order valence-corrected chi connectivity index (χ0v) is 20.9. The van der Waals surface area contributed by atoms with Crippen molar-refractivity contribution in [3.63, 3.8) is 0 Å². The fraction of sp³-hybridized carbons (Fsp3) is 0.148. The number of halogens is 3. The predicted molar refractivity (Wildman–Crippen MR) is 140 cm³/mol. The Morgan fingerprint density at radius 3 is 1.65 bits per heavy atom. The van der Waals surface area contributed by atoms with Crippen molar-refractivity contribution in [3.05, 3.63) is 113 Å². The van der Waals surface area contributed by atoms with Gasteiger partial charge in [0.2, 0.25) is 0 Å². The van der Waals surface area contributed by atoms with Crippen molar-refractivity contribution in [2.45, 2.75) is 0 Å². The third-order valence-corrected chi connectivity index (χ3v) is 4.92. The summed E-state index contributed by atoms with van der Waals surface area (Å²) in [5.41, 5.74) is 2.47. The highest BCUT2D eigenvalue weighted by Gasteiger charge is 2.11. The molecule has 0 heterocycles. The van der Waals surface area contributed by atoms with E-state index in [1.165, 1.54) is 7.11 Å². The van der Waals surface area contributed by atoms with Crippen LogP contribution < -0.4 is 4.74 Å². The zero-order valence-electron chi connectivity index (χ0n) is 18.6. The molecule has 0 N–H and O–H groups in total. The Kier molecular flexibility index (Phi) is 12.7. The summed E-state index contributed by atoms with van der Waals surface area (Å²) in [6.45, 7) is 0. The minimum absolute atomic E-state index is 0.00794. The van der Waals surface area contributed by atoms with Crippen LogP contribution in [0, 0.1) is 0 Å². The second kappa shape index (κ2) is 15.8. The molecule has 0 aliphatic heterocycles. The maximum absolute atomic E-state index is 11.2. The zero-order chi connectivity index (χ0) is 24.6. The summed E-state index contributed by atoms with van der Waals surface area (Å²) < 4.78 is 15.4. The first kappa shape index (κ1) is 27.3. The number of ether oxygens (including phenoxy) is 3. The molecular weight excluding hydrogens is 495 g/mol. The highest BCUT2D eigenvalue weighted by Crippen LogP contribution is 2.19. The number of rotatable bonds is 9. The number of methoxy groups -OCH3 is 1. The number of carbonyl (C=O) groups excluding carboxylic acids is 1. The van der Waals surface area contributed by atoms with Gasteiger partial charge in [0.05, 0.1) is 18.9 Å². The van der Waals surface area contributed by atoms with Crippen LogP contribution in [0.25, 0.3) is 12.2 Å². The second-order valence-electron chi connectivity index (χ2n) is 6.65. The first-order valence-electron chi connectivity index (χ1n) is 10.3. The molecule has 0 atom stereocenters. The van der Waals surface area contributed by atoms with Crippen LogP contribution in [0.15, 0.2) is 96.4 Å². The second-order valence-corrected chi connectivity index (χ2v) is 7.41. The van der Waals surface area contributed by atoms with E-state index in [0.29, 0.717) is 22.8 Å². The summed E-state index contributed by atoms with van der Waals surface area (Å²) in [5, 5.41) is 0. The van der Waals surface area contributed by atoms with Crippen molar-refractivity contribution in [2.24, 2.45) is 0 Å². The van der Waals surface area contributed by atoms with Crippen molar-refractivity contribution in [2.75, 3.05) is 24.9 Å². The van der Waals surface area contributed by atoms with E-state index in [4.69, 9.17) is 44.3 Å². The number of esters is 1. The number of alkyl halides is 3. The maximum atomic E-state index is 11.2. The quantitative estimate of drug-likeness (QED) is 0.166. The molecule has 0 spiro atoms. The standard InChI is InChI=1S/C18H16Cl2O.C9H9ClO3/c19-13-17(11-15-7-3-1-4-8-15)21-18(14-20)12-16-9-5-2-6-10-16;1-12-9(11)7-4-2-3-5-8(7)13-6-10/h1-12H,13-14H2;2-5H,6H2,1H3. The van der Waals surface area contributed by atoms with Crippen molar-refractivity contribution in [3.8, 4) is 5.75 Å². The monoisotopic (exact) mass is 518 g/mol. The summed E-state index contributed by atoms with van der Waals surface area (Å²) in [6.07, 6.45) is 3.83. The van der Waals surface area contributed by atoms with Gasteiger partial charge in [-0.1, -0.05) is 84.4 Å². The summed E-state index contributed by atoms with van der Waals surface area (Å²) in [7, 11) is 1.32. The van der Waals surface area contributed by atoms with E-state index in [2.05, 4.69) is 4.74 Å². The molecule has 0 radical (unpaired) electrons. The molecular formula is C27H25Cl3O4.